The summed E-state index contributed by atoms with van der Waals surface area (Å²) in [4.78, 5) is 90.4. The standard InChI is InChI=1S/C68H82N8O8S2/c77-63(78)29-39-85-47-49-19-17-21-51(41-49)67(83)73-59-25-23-55(75-35-13-9-14-36-75)45-57(59)61-43-53(27-33-69-61)65(81)71-31-11-7-5-3-1-2-4-6-8-12-32-72-66(82)54-28-34-70-62(44-54)58-46-56(76-37-15-10-16-38-76)24-26-60(58)74-68(84)52-22-18-20-50(42-52)48-86-40-30-64(79)80/h17-28,33-34,41-46H,1-16,29-32,35-40,47-48H2,(H,71,81)(H,72,82)(H,73,83)(H,74,84)(H,77,78)(H,79,80). The first-order valence-corrected chi connectivity index (χ1v) is 33.0. The van der Waals surface area contributed by atoms with Crippen LogP contribution >= 0.6 is 23.5 Å². The Morgan fingerprint density at radius 3 is 1.21 bits per heavy atom. The van der Waals surface area contributed by atoms with Crippen molar-refractivity contribution in [2.45, 2.75) is 127 Å². The predicted molar refractivity (Wildman–Crippen MR) is 348 cm³/mol. The van der Waals surface area contributed by atoms with Gasteiger partial charge in [0.25, 0.3) is 23.6 Å². The first-order valence-electron chi connectivity index (χ1n) is 30.6. The molecule has 6 N–H and O–H groups in total. The number of rotatable bonds is 33. The van der Waals surface area contributed by atoms with Gasteiger partial charge >= 0.3 is 11.9 Å². The number of unbranched alkanes of at least 4 members (excludes halogenated alkanes) is 9. The molecule has 6 aromatic rings. The zero-order valence-corrected chi connectivity index (χ0v) is 50.9. The van der Waals surface area contributed by atoms with Gasteiger partial charge in [-0.2, -0.15) is 23.5 Å². The molecule has 8 rings (SSSR count). The van der Waals surface area contributed by atoms with Crippen LogP contribution in [0.1, 0.15) is 168 Å². The number of nitrogens with zero attached hydrogens (tertiary/aromatic N) is 4. The summed E-state index contributed by atoms with van der Waals surface area (Å²) in [7, 11) is 0. The summed E-state index contributed by atoms with van der Waals surface area (Å²) in [5, 5.41) is 30.4. The Hall–Kier alpha value is -7.70. The van der Waals surface area contributed by atoms with E-state index in [9.17, 15) is 28.8 Å². The molecule has 86 heavy (non-hydrogen) atoms. The number of carbonyl (C=O) groups is 6. The Morgan fingerprint density at radius 1 is 0.430 bits per heavy atom. The Bertz CT molecular complexity index is 3030. The van der Waals surface area contributed by atoms with Gasteiger partial charge in [0.2, 0.25) is 0 Å². The molecule has 0 unspecified atom stereocenters. The molecule has 2 saturated heterocycles. The van der Waals surface area contributed by atoms with Crippen LogP contribution in [0.2, 0.25) is 0 Å². The van der Waals surface area contributed by atoms with E-state index in [1.807, 2.05) is 60.7 Å². The zero-order valence-electron chi connectivity index (χ0n) is 49.3. The minimum atomic E-state index is -0.829. The fourth-order valence-corrected chi connectivity index (χ4v) is 12.6. The number of aliphatic carboxylic acids is 2. The van der Waals surface area contributed by atoms with Crippen LogP contribution in [0.5, 0.6) is 0 Å². The molecule has 0 bridgehead atoms. The molecular weight excluding hydrogens is 1120 g/mol. The van der Waals surface area contributed by atoms with Crippen molar-refractivity contribution < 1.29 is 39.0 Å². The minimum absolute atomic E-state index is 0.0858. The lowest BCUT2D eigenvalue weighted by atomic mass is 10.0. The van der Waals surface area contributed by atoms with Crippen molar-refractivity contribution in [2.75, 3.05) is 71.2 Å². The average Bonchev–Trinajstić information content (AvgIpc) is 3.33. The van der Waals surface area contributed by atoms with Gasteiger partial charge in [-0.3, -0.25) is 38.7 Å². The van der Waals surface area contributed by atoms with Gasteiger partial charge in [-0.05, 0) is 147 Å². The number of carboxylic acids is 2. The summed E-state index contributed by atoms with van der Waals surface area (Å²) in [5.74, 6) is -0.342. The zero-order chi connectivity index (χ0) is 60.3. The number of hydrogen-bond acceptors (Lipinski definition) is 12. The second-order valence-corrected chi connectivity index (χ2v) is 24.4. The van der Waals surface area contributed by atoms with E-state index in [0.717, 1.165) is 150 Å². The van der Waals surface area contributed by atoms with Crippen molar-refractivity contribution in [2.24, 2.45) is 0 Å². The lowest BCUT2D eigenvalue weighted by Gasteiger charge is -2.29. The van der Waals surface area contributed by atoms with E-state index in [0.29, 0.717) is 81.1 Å². The number of nitrogens with one attached hydrogen (secondary N) is 4. The van der Waals surface area contributed by atoms with E-state index in [-0.39, 0.29) is 36.5 Å². The molecule has 0 atom stereocenters. The van der Waals surface area contributed by atoms with E-state index in [4.69, 9.17) is 20.2 Å². The molecule has 4 amide bonds. The molecule has 0 spiro atoms. The highest BCUT2D eigenvalue weighted by molar-refractivity contribution is 7.98. The number of aromatic nitrogens is 2. The van der Waals surface area contributed by atoms with Crippen molar-refractivity contribution in [3.8, 4) is 22.5 Å². The number of carbonyl (C=O) groups excluding carboxylic acids is 4. The number of amides is 4. The maximum Gasteiger partial charge on any atom is 0.304 e. The molecule has 2 aromatic heterocycles. The third-order valence-corrected chi connectivity index (χ3v) is 17.6. The smallest absolute Gasteiger partial charge is 0.304 e. The van der Waals surface area contributed by atoms with Gasteiger partial charge < -0.3 is 41.3 Å². The summed E-state index contributed by atoms with van der Waals surface area (Å²) in [5.41, 5.74) is 9.80. The molecule has 2 fully saturated rings. The first-order chi connectivity index (χ1) is 42.0. The average molecular weight is 1200 g/mol. The first kappa shape index (κ1) is 64.3. The van der Waals surface area contributed by atoms with Gasteiger partial charge in [0.1, 0.15) is 0 Å². The third-order valence-electron chi connectivity index (χ3n) is 15.6. The van der Waals surface area contributed by atoms with Gasteiger partial charge in [0, 0.05) is 119 Å². The molecule has 2 aliphatic rings. The highest BCUT2D eigenvalue weighted by atomic mass is 32.2. The molecule has 2 aliphatic heterocycles. The summed E-state index contributed by atoms with van der Waals surface area (Å²) >= 11 is 3.03. The third kappa shape index (κ3) is 20.5. The Labute approximate surface area is 514 Å². The SMILES string of the molecule is O=C(O)CCSCc1cccc(C(=O)Nc2ccc(N3CCCCC3)cc2-c2cc(C(=O)NCCCCCCCCCCCCNC(=O)c3ccnc(-c4cc(N5CCCCC5)ccc4NC(=O)c4cccc(CSCCC(=O)O)c4)c3)ccn2)c1. The number of anilines is 4. The van der Waals surface area contributed by atoms with Crippen LogP contribution in [-0.2, 0) is 21.1 Å². The summed E-state index contributed by atoms with van der Waals surface area (Å²) in [6.07, 6.45) is 20.9. The molecule has 0 radical (unpaired) electrons. The van der Waals surface area contributed by atoms with E-state index < -0.39 is 11.9 Å². The highest BCUT2D eigenvalue weighted by Crippen LogP contribution is 2.35. The van der Waals surface area contributed by atoms with Crippen LogP contribution in [0.25, 0.3) is 22.5 Å². The van der Waals surface area contributed by atoms with Crippen LogP contribution in [0.4, 0.5) is 22.7 Å². The number of piperidine rings is 2. The molecule has 0 aliphatic carbocycles. The van der Waals surface area contributed by atoms with E-state index in [1.54, 1.807) is 48.8 Å². The fraction of sp³-hybridized carbons (Fsp3) is 0.412. The van der Waals surface area contributed by atoms with E-state index in [1.165, 1.54) is 36.4 Å². The van der Waals surface area contributed by atoms with Crippen molar-refractivity contribution in [3.05, 3.63) is 155 Å². The Balaban J connectivity index is 0.737. The lowest BCUT2D eigenvalue weighted by molar-refractivity contribution is -0.137. The van der Waals surface area contributed by atoms with Gasteiger partial charge in [0.15, 0.2) is 0 Å². The lowest BCUT2D eigenvalue weighted by Crippen LogP contribution is -2.29. The maximum atomic E-state index is 13.7. The van der Waals surface area contributed by atoms with Crippen molar-refractivity contribution in [3.63, 3.8) is 0 Å². The second kappa shape index (κ2) is 34.4. The van der Waals surface area contributed by atoms with Gasteiger partial charge in [-0.25, -0.2) is 0 Å². The van der Waals surface area contributed by atoms with Gasteiger partial charge in [-0.15, -0.1) is 0 Å². The Morgan fingerprint density at radius 2 is 0.814 bits per heavy atom. The molecular formula is C68H82N8O8S2. The van der Waals surface area contributed by atoms with Crippen LogP contribution in [0.15, 0.2) is 122 Å². The molecule has 4 heterocycles. The van der Waals surface area contributed by atoms with Crippen LogP contribution in [0.3, 0.4) is 0 Å². The molecule has 16 nitrogen and oxygen atoms in total. The predicted octanol–water partition coefficient (Wildman–Crippen LogP) is 13.8. The number of thioether (sulfide) groups is 2. The highest BCUT2D eigenvalue weighted by Gasteiger charge is 2.21. The van der Waals surface area contributed by atoms with Crippen molar-refractivity contribution in [1.29, 1.82) is 0 Å². The normalized spacial score (nSPS) is 13.2. The van der Waals surface area contributed by atoms with Crippen molar-refractivity contribution >= 4 is 81.8 Å². The van der Waals surface area contributed by atoms with E-state index in [2.05, 4.69) is 43.2 Å². The maximum absolute atomic E-state index is 13.7. The van der Waals surface area contributed by atoms with E-state index >= 15 is 0 Å². The second-order valence-electron chi connectivity index (χ2n) is 22.2. The van der Waals surface area contributed by atoms with Crippen LogP contribution in [-0.4, -0.2) is 107 Å². The van der Waals surface area contributed by atoms with Gasteiger partial charge in [-0.1, -0.05) is 75.6 Å². The number of hydrogen-bond donors (Lipinski definition) is 6. The fourth-order valence-electron chi connectivity index (χ4n) is 10.8. The quantitative estimate of drug-likeness (QED) is 0.0211. The summed E-state index contributed by atoms with van der Waals surface area (Å²) < 4.78 is 0. The monoisotopic (exact) mass is 1200 g/mol. The van der Waals surface area contributed by atoms with Crippen molar-refractivity contribution in [1.82, 2.24) is 20.6 Å². The Kier molecular flexibility index (Phi) is 25.8. The van der Waals surface area contributed by atoms with Crippen LogP contribution in [0, 0.1) is 0 Å². The molecule has 0 saturated carbocycles. The number of carboxylic acid groups (broad SMARTS) is 2. The number of pyridine rings is 2. The van der Waals surface area contributed by atoms with Crippen LogP contribution < -0.4 is 31.1 Å². The summed E-state index contributed by atoms with van der Waals surface area (Å²) in [6.45, 7) is 4.95. The van der Waals surface area contributed by atoms with Gasteiger partial charge in [0.05, 0.1) is 35.6 Å². The minimum Gasteiger partial charge on any atom is -0.481 e. The molecule has 4 aromatic carbocycles. The number of benzene rings is 4. The summed E-state index contributed by atoms with van der Waals surface area (Å²) in [6, 6.07) is 33.8. The topological polar surface area (TPSA) is 223 Å². The molecule has 18 heteroatoms. The molecule has 454 valence electrons. The largest absolute Gasteiger partial charge is 0.481 e.